The molecule has 3 aromatic carbocycles. The molecule has 0 aromatic heterocycles. The molecule has 0 bridgehead atoms. The van der Waals surface area contributed by atoms with E-state index in [0.717, 1.165) is 36.0 Å². The fourth-order valence-corrected chi connectivity index (χ4v) is 3.82. The van der Waals surface area contributed by atoms with Crippen molar-refractivity contribution in [3.63, 3.8) is 0 Å². The number of phenols is 1. The van der Waals surface area contributed by atoms with Crippen LogP contribution in [-0.4, -0.2) is 35.5 Å². The van der Waals surface area contributed by atoms with Crippen LogP contribution in [-0.2, 0) is 29.0 Å². The van der Waals surface area contributed by atoms with Crippen molar-refractivity contribution in [3.05, 3.63) is 102 Å². The third-order valence-corrected chi connectivity index (χ3v) is 5.83. The Morgan fingerprint density at radius 2 is 1.63 bits per heavy atom. The number of carbonyl (C=O) groups is 2. The van der Waals surface area contributed by atoms with Crippen LogP contribution >= 0.6 is 0 Å². The van der Waals surface area contributed by atoms with E-state index in [1.807, 2.05) is 54.6 Å². The molecule has 0 aliphatic rings. The summed E-state index contributed by atoms with van der Waals surface area (Å²) in [5.74, 6) is -0.152. The zero-order valence-corrected chi connectivity index (χ0v) is 20.2. The lowest BCUT2D eigenvalue weighted by atomic mass is 10.0. The van der Waals surface area contributed by atoms with Gasteiger partial charge >= 0.3 is 0 Å². The highest BCUT2D eigenvalue weighted by atomic mass is 16.3. The Morgan fingerprint density at radius 1 is 0.886 bits per heavy atom. The minimum atomic E-state index is -0.647. The first kappa shape index (κ1) is 26.0. The van der Waals surface area contributed by atoms with E-state index >= 15 is 0 Å². The second kappa shape index (κ2) is 13.9. The lowest BCUT2D eigenvalue weighted by Crippen LogP contribution is -2.51. The third kappa shape index (κ3) is 9.26. The second-order valence-electron chi connectivity index (χ2n) is 8.66. The zero-order chi connectivity index (χ0) is 24.9. The summed E-state index contributed by atoms with van der Waals surface area (Å²) in [6, 6.07) is 26.6. The number of hydrogen-bond donors (Lipinski definition) is 4. The van der Waals surface area contributed by atoms with Gasteiger partial charge in [-0.1, -0.05) is 66.7 Å². The predicted octanol–water partition coefficient (Wildman–Crippen LogP) is 3.54. The summed E-state index contributed by atoms with van der Waals surface area (Å²) in [7, 11) is 0. The summed E-state index contributed by atoms with van der Waals surface area (Å²) < 4.78 is 0. The molecule has 35 heavy (non-hydrogen) atoms. The molecule has 4 N–H and O–H groups in total. The van der Waals surface area contributed by atoms with Crippen molar-refractivity contribution in [1.29, 1.82) is 0 Å². The normalized spacial score (nSPS) is 12.5. The number of carbonyl (C=O) groups excluding carboxylic acids is 2. The maximum Gasteiger partial charge on any atom is 0.242 e. The van der Waals surface area contributed by atoms with Gasteiger partial charge in [-0.25, -0.2) is 0 Å². The summed E-state index contributed by atoms with van der Waals surface area (Å²) >= 11 is 0. The van der Waals surface area contributed by atoms with Crippen molar-refractivity contribution in [2.45, 2.75) is 51.2 Å². The second-order valence-corrected chi connectivity index (χ2v) is 8.66. The highest BCUT2D eigenvalue weighted by molar-refractivity contribution is 5.89. The molecule has 2 atom stereocenters. The van der Waals surface area contributed by atoms with E-state index in [-0.39, 0.29) is 17.6 Å². The first-order valence-electron chi connectivity index (χ1n) is 12.1. The molecule has 183 valence electrons. The molecule has 0 fully saturated rings. The highest BCUT2D eigenvalue weighted by Gasteiger charge is 2.22. The Balaban J connectivity index is 1.51. The molecule has 1 radical (unpaired) electrons. The van der Waals surface area contributed by atoms with Crippen LogP contribution in [0.4, 0.5) is 0 Å². The van der Waals surface area contributed by atoms with Crippen LogP contribution in [0.15, 0.2) is 78.9 Å². The number of benzene rings is 3. The number of aromatic hydroxyl groups is 1. The number of rotatable bonds is 13. The number of hydrogen-bond acceptors (Lipinski definition) is 4. The summed E-state index contributed by atoms with van der Waals surface area (Å²) in [6.07, 6.45) is 2.99. The molecule has 0 aliphatic carbocycles. The number of nitrogens with one attached hydrogen (secondary N) is 3. The van der Waals surface area contributed by atoms with Gasteiger partial charge in [0.05, 0.1) is 6.04 Å². The Morgan fingerprint density at radius 3 is 2.37 bits per heavy atom. The average molecular weight is 473 g/mol. The van der Waals surface area contributed by atoms with E-state index in [1.165, 1.54) is 0 Å². The fourth-order valence-electron chi connectivity index (χ4n) is 3.82. The largest absolute Gasteiger partial charge is 0.508 e. The smallest absolute Gasteiger partial charge is 0.242 e. The van der Waals surface area contributed by atoms with Crippen molar-refractivity contribution >= 4 is 11.8 Å². The quantitative estimate of drug-likeness (QED) is 0.287. The van der Waals surface area contributed by atoms with E-state index in [1.54, 1.807) is 31.2 Å². The van der Waals surface area contributed by atoms with E-state index in [0.29, 0.717) is 19.5 Å². The van der Waals surface area contributed by atoms with Gasteiger partial charge in [0.2, 0.25) is 11.8 Å². The van der Waals surface area contributed by atoms with E-state index in [9.17, 15) is 14.7 Å². The maximum absolute atomic E-state index is 13.1. The van der Waals surface area contributed by atoms with Crippen LogP contribution < -0.4 is 16.0 Å². The molecule has 6 heteroatoms. The molecule has 3 rings (SSSR count). The number of amides is 2. The Kier molecular flexibility index (Phi) is 10.3. The fraction of sp³-hybridized carbons (Fsp3) is 0.310. The van der Waals surface area contributed by atoms with Gasteiger partial charge in [-0.15, -0.1) is 0 Å². The molecular weight excluding hydrogens is 438 g/mol. The van der Waals surface area contributed by atoms with Crippen LogP contribution in [0.1, 0.15) is 36.5 Å². The van der Waals surface area contributed by atoms with Gasteiger partial charge in [0.25, 0.3) is 0 Å². The average Bonchev–Trinajstić information content (AvgIpc) is 2.88. The molecule has 2 amide bonds. The first-order chi connectivity index (χ1) is 17.0. The van der Waals surface area contributed by atoms with Crippen molar-refractivity contribution in [2.24, 2.45) is 0 Å². The highest BCUT2D eigenvalue weighted by Crippen LogP contribution is 2.12. The van der Waals surface area contributed by atoms with Crippen LogP contribution in [0, 0.1) is 6.07 Å². The number of aryl methyl sites for hydroxylation is 2. The molecule has 0 aliphatic heterocycles. The lowest BCUT2D eigenvalue weighted by Gasteiger charge is -2.21. The van der Waals surface area contributed by atoms with Gasteiger partial charge in [0.1, 0.15) is 11.8 Å². The van der Waals surface area contributed by atoms with Crippen molar-refractivity contribution in [1.82, 2.24) is 16.0 Å². The Hall–Kier alpha value is -3.64. The molecule has 6 nitrogen and oxygen atoms in total. The molecule has 0 heterocycles. The van der Waals surface area contributed by atoms with Crippen LogP contribution in [0.25, 0.3) is 0 Å². The van der Waals surface area contributed by atoms with Gasteiger partial charge < -0.3 is 21.1 Å². The molecule has 0 saturated carbocycles. The molecule has 0 spiro atoms. The maximum atomic E-state index is 13.1. The third-order valence-electron chi connectivity index (χ3n) is 5.83. The topological polar surface area (TPSA) is 90.5 Å². The summed E-state index contributed by atoms with van der Waals surface area (Å²) in [6.45, 7) is 2.74. The van der Waals surface area contributed by atoms with Crippen LogP contribution in [0.5, 0.6) is 5.75 Å². The number of phenolic OH excluding ortho intramolecular Hbond substituents is 1. The molecule has 0 unspecified atom stereocenters. The van der Waals surface area contributed by atoms with Crippen LogP contribution in [0.3, 0.4) is 0 Å². The van der Waals surface area contributed by atoms with Crippen LogP contribution in [0.2, 0.25) is 0 Å². The van der Waals surface area contributed by atoms with Gasteiger partial charge in [0, 0.05) is 6.54 Å². The zero-order valence-electron chi connectivity index (χ0n) is 20.2. The summed E-state index contributed by atoms with van der Waals surface area (Å²) in [5, 5.41) is 18.7. The standard InChI is InChI=1S/C29H34N3O3/c1-22(28(34)31-21-25-12-6-3-7-13-25)32-29(35)27(18-17-23-10-4-2-5-11-23)30-19-9-15-24-14-8-16-26(33)20-24/h2,4-8,10-14,16,20,22,27,30,33H,9,15,17-19,21H2,1H3,(H,31,34)(H,32,35)/t22-,27+/m0/s1. The minimum Gasteiger partial charge on any atom is -0.508 e. The van der Waals surface area contributed by atoms with Gasteiger partial charge in [0.15, 0.2) is 0 Å². The molecular formula is C29H34N3O3. The van der Waals surface area contributed by atoms with Gasteiger partial charge in [-0.3, -0.25) is 9.59 Å². The van der Waals surface area contributed by atoms with Gasteiger partial charge in [-0.05, 0) is 74.0 Å². The molecule has 0 saturated heterocycles. The summed E-state index contributed by atoms with van der Waals surface area (Å²) in [5.41, 5.74) is 3.20. The lowest BCUT2D eigenvalue weighted by molar-refractivity contribution is -0.129. The van der Waals surface area contributed by atoms with E-state index < -0.39 is 12.1 Å². The summed E-state index contributed by atoms with van der Waals surface area (Å²) in [4.78, 5) is 25.6. The Labute approximate surface area is 207 Å². The van der Waals surface area contributed by atoms with E-state index in [4.69, 9.17) is 0 Å². The molecule has 3 aromatic rings. The minimum absolute atomic E-state index is 0.185. The predicted molar refractivity (Wildman–Crippen MR) is 138 cm³/mol. The SMILES string of the molecule is C[C@H](NC(=O)[C@@H](CCc1ccccc1)NCCCc1cccc(O)c1)C(=O)NCc1cc[c]cc1. The van der Waals surface area contributed by atoms with Crippen molar-refractivity contribution < 1.29 is 14.7 Å². The van der Waals surface area contributed by atoms with E-state index in [2.05, 4.69) is 22.0 Å². The first-order valence-corrected chi connectivity index (χ1v) is 12.1. The van der Waals surface area contributed by atoms with Gasteiger partial charge in [-0.2, -0.15) is 0 Å². The van der Waals surface area contributed by atoms with Crippen molar-refractivity contribution in [3.8, 4) is 5.75 Å². The monoisotopic (exact) mass is 472 g/mol. The Bertz CT molecular complexity index is 1060. The van der Waals surface area contributed by atoms with Crippen molar-refractivity contribution in [2.75, 3.05) is 6.54 Å².